The number of hydrogen-bond donors (Lipinski definition) is 2. The third-order valence-electron chi connectivity index (χ3n) is 3.08. The van der Waals surface area contributed by atoms with Gasteiger partial charge in [0.1, 0.15) is 5.75 Å². The lowest BCUT2D eigenvalue weighted by atomic mass is 10.0. The van der Waals surface area contributed by atoms with Gasteiger partial charge in [0.15, 0.2) is 0 Å². The highest BCUT2D eigenvalue weighted by Gasteiger charge is 2.17. The quantitative estimate of drug-likeness (QED) is 0.761. The zero-order chi connectivity index (χ0) is 15.0. The van der Waals surface area contributed by atoms with E-state index in [1.807, 2.05) is 25.1 Å². The summed E-state index contributed by atoms with van der Waals surface area (Å²) in [6.07, 6.45) is 1.52. The molecule has 0 spiro atoms. The highest BCUT2D eigenvalue weighted by Crippen LogP contribution is 2.17. The Labute approximate surface area is 118 Å². The van der Waals surface area contributed by atoms with Crippen molar-refractivity contribution in [2.75, 3.05) is 13.7 Å². The number of methoxy groups -OCH3 is 1. The maximum Gasteiger partial charge on any atom is 0.308 e. The van der Waals surface area contributed by atoms with E-state index in [4.69, 9.17) is 9.84 Å². The van der Waals surface area contributed by atoms with Crippen LogP contribution >= 0.6 is 0 Å². The number of nitrogens with one attached hydrogen (secondary N) is 1. The van der Waals surface area contributed by atoms with E-state index in [0.29, 0.717) is 12.2 Å². The van der Waals surface area contributed by atoms with E-state index < -0.39 is 11.9 Å². The molecule has 0 aromatic heterocycles. The third-order valence-corrected chi connectivity index (χ3v) is 3.08. The average molecular weight is 279 g/mol. The minimum Gasteiger partial charge on any atom is -0.496 e. The second-order valence-corrected chi connectivity index (χ2v) is 4.62. The molecule has 5 heteroatoms. The molecule has 1 rings (SSSR count). The fourth-order valence-electron chi connectivity index (χ4n) is 1.98. The van der Waals surface area contributed by atoms with Crippen molar-refractivity contribution in [3.05, 3.63) is 29.8 Å². The first-order valence-corrected chi connectivity index (χ1v) is 6.69. The van der Waals surface area contributed by atoms with Crippen LogP contribution in [0.25, 0.3) is 0 Å². The molecule has 0 bridgehead atoms. The number of carboxylic acid groups (broad SMARTS) is 1. The Bertz CT molecular complexity index is 459. The van der Waals surface area contributed by atoms with Crippen molar-refractivity contribution in [1.82, 2.24) is 5.32 Å². The van der Waals surface area contributed by atoms with Crippen molar-refractivity contribution in [3.8, 4) is 5.75 Å². The third kappa shape index (κ3) is 4.91. The predicted molar refractivity (Wildman–Crippen MR) is 75.7 cm³/mol. The van der Waals surface area contributed by atoms with Crippen molar-refractivity contribution < 1.29 is 19.4 Å². The van der Waals surface area contributed by atoms with E-state index in [9.17, 15) is 9.59 Å². The normalized spacial score (nSPS) is 11.7. The molecule has 0 saturated carbocycles. The zero-order valence-corrected chi connectivity index (χ0v) is 11.9. The maximum absolute atomic E-state index is 11.9. The largest absolute Gasteiger partial charge is 0.496 e. The minimum absolute atomic E-state index is 0.164. The van der Waals surface area contributed by atoms with E-state index in [0.717, 1.165) is 12.0 Å². The molecule has 0 radical (unpaired) electrons. The number of carbonyl (C=O) groups is 2. The number of aliphatic carboxylic acids is 1. The number of carbonyl (C=O) groups excluding carboxylic acids is 1. The molecule has 0 heterocycles. The fraction of sp³-hybridized carbons (Fsp3) is 0.467. The van der Waals surface area contributed by atoms with Gasteiger partial charge in [0.05, 0.1) is 19.4 Å². The summed E-state index contributed by atoms with van der Waals surface area (Å²) >= 11 is 0. The molecular weight excluding hydrogens is 258 g/mol. The molecule has 2 N–H and O–H groups in total. The summed E-state index contributed by atoms with van der Waals surface area (Å²) < 4.78 is 5.17. The Hall–Kier alpha value is -2.04. The van der Waals surface area contributed by atoms with E-state index in [2.05, 4.69) is 5.32 Å². The highest BCUT2D eigenvalue weighted by molar-refractivity contribution is 5.80. The summed E-state index contributed by atoms with van der Waals surface area (Å²) in [5.41, 5.74) is 0.787. The van der Waals surface area contributed by atoms with E-state index in [1.165, 1.54) is 0 Å². The SMILES string of the molecule is CCCC(CNC(=O)Cc1ccccc1OC)C(=O)O. The van der Waals surface area contributed by atoms with E-state index in [1.54, 1.807) is 13.2 Å². The van der Waals surface area contributed by atoms with Crippen molar-refractivity contribution in [3.63, 3.8) is 0 Å². The summed E-state index contributed by atoms with van der Waals surface area (Å²) in [5, 5.41) is 11.7. The molecule has 0 fully saturated rings. The molecular formula is C15H21NO4. The molecule has 20 heavy (non-hydrogen) atoms. The van der Waals surface area contributed by atoms with Crippen LogP contribution in [0.2, 0.25) is 0 Å². The number of hydrogen-bond acceptors (Lipinski definition) is 3. The Morgan fingerprint density at radius 1 is 1.35 bits per heavy atom. The summed E-state index contributed by atoms with van der Waals surface area (Å²) in [5.74, 6) is -0.936. The van der Waals surface area contributed by atoms with Gasteiger partial charge in [-0.1, -0.05) is 31.5 Å². The van der Waals surface area contributed by atoms with Crippen molar-refractivity contribution in [2.45, 2.75) is 26.2 Å². The van der Waals surface area contributed by atoms with Crippen molar-refractivity contribution in [2.24, 2.45) is 5.92 Å². The van der Waals surface area contributed by atoms with Gasteiger partial charge in [-0.2, -0.15) is 0 Å². The average Bonchev–Trinajstić information content (AvgIpc) is 2.43. The number of para-hydroxylation sites is 1. The van der Waals surface area contributed by atoms with Crippen LogP contribution in [-0.4, -0.2) is 30.6 Å². The molecule has 1 unspecified atom stereocenters. The summed E-state index contributed by atoms with van der Waals surface area (Å²) in [6.45, 7) is 2.09. The van der Waals surface area contributed by atoms with Crippen LogP contribution in [-0.2, 0) is 16.0 Å². The number of benzene rings is 1. The first-order valence-electron chi connectivity index (χ1n) is 6.69. The van der Waals surface area contributed by atoms with E-state index >= 15 is 0 Å². The van der Waals surface area contributed by atoms with Crippen LogP contribution in [0.3, 0.4) is 0 Å². The molecule has 1 aromatic rings. The summed E-state index contributed by atoms with van der Waals surface area (Å²) in [4.78, 5) is 22.8. The van der Waals surface area contributed by atoms with Crippen LogP contribution < -0.4 is 10.1 Å². The standard InChI is InChI=1S/C15H21NO4/c1-3-6-12(15(18)19)10-16-14(17)9-11-7-4-5-8-13(11)20-2/h4-5,7-8,12H,3,6,9-10H2,1-2H3,(H,16,17)(H,18,19). The number of carboxylic acids is 1. The highest BCUT2D eigenvalue weighted by atomic mass is 16.5. The molecule has 110 valence electrons. The predicted octanol–water partition coefficient (Wildman–Crippen LogP) is 1.85. The van der Waals surface area contributed by atoms with Gasteiger partial charge < -0.3 is 15.2 Å². The number of ether oxygens (including phenoxy) is 1. The van der Waals surface area contributed by atoms with Gasteiger partial charge in [-0.25, -0.2) is 0 Å². The van der Waals surface area contributed by atoms with Crippen molar-refractivity contribution in [1.29, 1.82) is 0 Å². The van der Waals surface area contributed by atoms with Crippen molar-refractivity contribution >= 4 is 11.9 Å². The number of rotatable bonds is 8. The molecule has 5 nitrogen and oxygen atoms in total. The van der Waals surface area contributed by atoms with Crippen LogP contribution in [0.4, 0.5) is 0 Å². The molecule has 0 saturated heterocycles. The van der Waals surface area contributed by atoms with Crippen LogP contribution in [0.1, 0.15) is 25.3 Å². The Balaban J connectivity index is 2.53. The molecule has 1 atom stereocenters. The summed E-state index contributed by atoms with van der Waals surface area (Å²) in [6, 6.07) is 7.28. The van der Waals surface area contributed by atoms with Gasteiger partial charge in [-0.05, 0) is 12.5 Å². The zero-order valence-electron chi connectivity index (χ0n) is 11.9. The maximum atomic E-state index is 11.9. The van der Waals surface area contributed by atoms with Gasteiger partial charge in [0.25, 0.3) is 0 Å². The number of amides is 1. The fourth-order valence-corrected chi connectivity index (χ4v) is 1.98. The monoisotopic (exact) mass is 279 g/mol. The smallest absolute Gasteiger partial charge is 0.308 e. The second-order valence-electron chi connectivity index (χ2n) is 4.62. The Kier molecular flexibility index (Phi) is 6.56. The second kappa shape index (κ2) is 8.19. The molecule has 1 aromatic carbocycles. The molecule has 0 aliphatic carbocycles. The lowest BCUT2D eigenvalue weighted by Crippen LogP contribution is -2.33. The lowest BCUT2D eigenvalue weighted by Gasteiger charge is -2.13. The van der Waals surface area contributed by atoms with Gasteiger partial charge in [0.2, 0.25) is 5.91 Å². The topological polar surface area (TPSA) is 75.6 Å². The molecule has 0 aliphatic heterocycles. The van der Waals surface area contributed by atoms with Crippen LogP contribution in [0, 0.1) is 5.92 Å². The van der Waals surface area contributed by atoms with Gasteiger partial charge in [0, 0.05) is 12.1 Å². The van der Waals surface area contributed by atoms with Gasteiger partial charge in [-0.3, -0.25) is 9.59 Å². The Morgan fingerprint density at radius 2 is 2.05 bits per heavy atom. The summed E-state index contributed by atoms with van der Waals surface area (Å²) in [7, 11) is 1.55. The minimum atomic E-state index is -0.871. The first-order chi connectivity index (χ1) is 9.58. The Morgan fingerprint density at radius 3 is 2.65 bits per heavy atom. The lowest BCUT2D eigenvalue weighted by molar-refractivity contribution is -0.141. The van der Waals surface area contributed by atoms with E-state index in [-0.39, 0.29) is 18.9 Å². The molecule has 0 aliphatic rings. The first kappa shape index (κ1) is 16.0. The van der Waals surface area contributed by atoms with Gasteiger partial charge in [-0.15, -0.1) is 0 Å². The molecule has 1 amide bonds. The van der Waals surface area contributed by atoms with Crippen LogP contribution in [0.5, 0.6) is 5.75 Å². The van der Waals surface area contributed by atoms with Gasteiger partial charge >= 0.3 is 5.97 Å². The van der Waals surface area contributed by atoms with Crippen LogP contribution in [0.15, 0.2) is 24.3 Å².